The Morgan fingerprint density at radius 2 is 1.94 bits per heavy atom. The summed E-state index contributed by atoms with van der Waals surface area (Å²) in [6, 6.07) is 1.65. The lowest BCUT2D eigenvalue weighted by Gasteiger charge is -2.07. The van der Waals surface area contributed by atoms with Gasteiger partial charge in [0.1, 0.15) is 17.5 Å². The van der Waals surface area contributed by atoms with Crippen LogP contribution in [0.5, 0.6) is 0 Å². The highest BCUT2D eigenvalue weighted by Gasteiger charge is 2.31. The molecule has 0 atom stereocenters. The summed E-state index contributed by atoms with van der Waals surface area (Å²) in [5.41, 5.74) is 3.45. The SMILES string of the molecule is C=C(C#N)N=CC(=C)C(C=C(N)C(F)(F)F)=NC. The molecule has 96 valence electrons. The monoisotopic (exact) mass is 256 g/mol. The minimum absolute atomic E-state index is 0.0840. The van der Waals surface area contributed by atoms with Gasteiger partial charge >= 0.3 is 6.18 Å². The Bertz CT molecular complexity index is 475. The second kappa shape index (κ2) is 6.39. The lowest BCUT2D eigenvalue weighted by atomic mass is 10.1. The standard InChI is InChI=1S/C11H11F3N4/c1-7(6-18-8(2)5-15)9(17-3)4-10(16)11(12,13)14/h4,6H,1-2,16H2,3H3. The summed E-state index contributed by atoms with van der Waals surface area (Å²) in [6.07, 6.45) is -2.90. The molecule has 2 N–H and O–H groups in total. The minimum Gasteiger partial charge on any atom is -0.395 e. The van der Waals surface area contributed by atoms with Crippen LogP contribution in [0.15, 0.2) is 46.2 Å². The van der Waals surface area contributed by atoms with Crippen LogP contribution in [-0.2, 0) is 0 Å². The zero-order valence-electron chi connectivity index (χ0n) is 9.62. The highest BCUT2D eigenvalue weighted by Crippen LogP contribution is 2.21. The molecule has 4 nitrogen and oxygen atoms in total. The van der Waals surface area contributed by atoms with Gasteiger partial charge in [-0.05, 0) is 6.08 Å². The Labute approximate surface area is 102 Å². The summed E-state index contributed by atoms with van der Waals surface area (Å²) in [4.78, 5) is 7.17. The van der Waals surface area contributed by atoms with E-state index in [1.807, 2.05) is 0 Å². The number of halogens is 3. The Balaban J connectivity index is 5.06. The van der Waals surface area contributed by atoms with Gasteiger partial charge in [0.05, 0.1) is 5.71 Å². The van der Waals surface area contributed by atoms with Crippen molar-refractivity contribution in [2.24, 2.45) is 15.7 Å². The molecular formula is C11H11F3N4. The van der Waals surface area contributed by atoms with Crippen LogP contribution in [0, 0.1) is 11.3 Å². The molecule has 0 saturated carbocycles. The predicted octanol–water partition coefficient (Wildman–Crippen LogP) is 2.13. The Kier molecular flexibility index (Phi) is 5.56. The molecule has 0 amide bonds. The van der Waals surface area contributed by atoms with Gasteiger partial charge in [0, 0.05) is 18.8 Å². The Hall–Kier alpha value is -2.36. The summed E-state index contributed by atoms with van der Waals surface area (Å²) in [7, 11) is 1.29. The molecule has 0 aliphatic carbocycles. The number of alkyl halides is 3. The van der Waals surface area contributed by atoms with Gasteiger partial charge < -0.3 is 5.73 Å². The van der Waals surface area contributed by atoms with E-state index in [2.05, 4.69) is 23.1 Å². The third-order valence-corrected chi connectivity index (χ3v) is 1.69. The van der Waals surface area contributed by atoms with Crippen LogP contribution >= 0.6 is 0 Å². The van der Waals surface area contributed by atoms with Crippen LogP contribution in [0.2, 0.25) is 0 Å². The van der Waals surface area contributed by atoms with Crippen LogP contribution in [0.4, 0.5) is 13.2 Å². The smallest absolute Gasteiger partial charge is 0.395 e. The van der Waals surface area contributed by atoms with E-state index in [4.69, 9.17) is 11.0 Å². The number of allylic oxidation sites excluding steroid dienone is 4. The third-order valence-electron chi connectivity index (χ3n) is 1.69. The molecule has 0 aromatic heterocycles. The molecule has 0 radical (unpaired) electrons. The fourth-order valence-corrected chi connectivity index (χ4v) is 0.781. The van der Waals surface area contributed by atoms with E-state index < -0.39 is 11.9 Å². The first-order valence-corrected chi connectivity index (χ1v) is 4.55. The van der Waals surface area contributed by atoms with Gasteiger partial charge in [0.15, 0.2) is 0 Å². The lowest BCUT2D eigenvalue weighted by molar-refractivity contribution is -0.0925. The summed E-state index contributed by atoms with van der Waals surface area (Å²) < 4.78 is 36.6. The largest absolute Gasteiger partial charge is 0.430 e. The molecule has 18 heavy (non-hydrogen) atoms. The maximum absolute atomic E-state index is 12.2. The summed E-state index contributed by atoms with van der Waals surface area (Å²) >= 11 is 0. The molecule has 0 heterocycles. The molecule has 0 fully saturated rings. The number of nitrogens with two attached hydrogens (primary N) is 1. The van der Waals surface area contributed by atoms with Crippen LogP contribution in [-0.4, -0.2) is 25.2 Å². The van der Waals surface area contributed by atoms with Crippen molar-refractivity contribution in [1.82, 2.24) is 0 Å². The molecule has 0 saturated heterocycles. The zero-order valence-corrected chi connectivity index (χ0v) is 9.62. The van der Waals surface area contributed by atoms with Gasteiger partial charge in [0.25, 0.3) is 0 Å². The molecule has 0 aliphatic rings. The van der Waals surface area contributed by atoms with Gasteiger partial charge in [-0.3, -0.25) is 4.99 Å². The molecule has 0 bridgehead atoms. The van der Waals surface area contributed by atoms with E-state index in [1.54, 1.807) is 6.07 Å². The maximum Gasteiger partial charge on any atom is 0.430 e. The highest BCUT2D eigenvalue weighted by molar-refractivity contribution is 6.21. The molecule has 0 aromatic rings. The Morgan fingerprint density at radius 3 is 2.33 bits per heavy atom. The van der Waals surface area contributed by atoms with E-state index in [9.17, 15) is 13.2 Å². The normalized spacial score (nSPS) is 13.5. The van der Waals surface area contributed by atoms with Crippen molar-refractivity contribution in [3.05, 3.63) is 36.2 Å². The van der Waals surface area contributed by atoms with Crippen LogP contribution < -0.4 is 5.73 Å². The van der Waals surface area contributed by atoms with Gasteiger partial charge in [0.2, 0.25) is 0 Å². The molecule has 0 rings (SSSR count). The van der Waals surface area contributed by atoms with Crippen molar-refractivity contribution in [2.45, 2.75) is 6.18 Å². The van der Waals surface area contributed by atoms with Crippen molar-refractivity contribution in [1.29, 1.82) is 5.26 Å². The van der Waals surface area contributed by atoms with Crippen molar-refractivity contribution in [3.8, 4) is 6.07 Å². The van der Waals surface area contributed by atoms with Gasteiger partial charge in [-0.2, -0.15) is 18.4 Å². The number of hydrogen-bond donors (Lipinski definition) is 1. The topological polar surface area (TPSA) is 74.5 Å². The second-order valence-corrected chi connectivity index (χ2v) is 3.05. The molecule has 0 aliphatic heterocycles. The van der Waals surface area contributed by atoms with Gasteiger partial charge in [-0.1, -0.05) is 13.2 Å². The fourth-order valence-electron chi connectivity index (χ4n) is 0.781. The number of rotatable bonds is 4. The molecule has 0 spiro atoms. The van der Waals surface area contributed by atoms with Crippen molar-refractivity contribution in [3.63, 3.8) is 0 Å². The van der Waals surface area contributed by atoms with Crippen LogP contribution in [0.1, 0.15) is 0 Å². The maximum atomic E-state index is 12.2. The number of hydrogen-bond acceptors (Lipinski definition) is 4. The fraction of sp³-hybridized carbons (Fsp3) is 0.182. The van der Waals surface area contributed by atoms with Crippen molar-refractivity contribution < 1.29 is 13.2 Å². The molecule has 0 aromatic carbocycles. The minimum atomic E-state index is -4.64. The molecule has 7 heteroatoms. The highest BCUT2D eigenvalue weighted by atomic mass is 19.4. The van der Waals surface area contributed by atoms with E-state index >= 15 is 0 Å². The summed E-state index contributed by atoms with van der Waals surface area (Å²) in [5.74, 6) is 0. The second-order valence-electron chi connectivity index (χ2n) is 3.05. The van der Waals surface area contributed by atoms with Crippen LogP contribution in [0.25, 0.3) is 0 Å². The Morgan fingerprint density at radius 1 is 1.39 bits per heavy atom. The lowest BCUT2D eigenvalue weighted by Crippen LogP contribution is -2.21. The number of nitriles is 1. The predicted molar refractivity (Wildman–Crippen MR) is 64.1 cm³/mol. The van der Waals surface area contributed by atoms with E-state index in [-0.39, 0.29) is 17.0 Å². The van der Waals surface area contributed by atoms with Gasteiger partial charge in [-0.15, -0.1) is 0 Å². The van der Waals surface area contributed by atoms with E-state index in [1.165, 1.54) is 7.05 Å². The van der Waals surface area contributed by atoms with Crippen molar-refractivity contribution in [2.75, 3.05) is 7.05 Å². The summed E-state index contributed by atoms with van der Waals surface area (Å²) in [5, 5.41) is 8.39. The first-order chi connectivity index (χ1) is 8.22. The first-order valence-electron chi connectivity index (χ1n) is 4.55. The van der Waals surface area contributed by atoms with Gasteiger partial charge in [-0.25, -0.2) is 4.99 Å². The quantitative estimate of drug-likeness (QED) is 0.618. The van der Waals surface area contributed by atoms with E-state index in [0.29, 0.717) is 6.08 Å². The zero-order chi connectivity index (χ0) is 14.3. The number of aliphatic imine (C=N–C) groups is 2. The average molecular weight is 256 g/mol. The molecular weight excluding hydrogens is 245 g/mol. The first kappa shape index (κ1) is 15.6. The third kappa shape index (κ3) is 5.12. The molecule has 0 unspecified atom stereocenters. The van der Waals surface area contributed by atoms with Crippen LogP contribution in [0.3, 0.4) is 0 Å². The van der Waals surface area contributed by atoms with E-state index in [0.717, 1.165) is 6.21 Å². The average Bonchev–Trinajstić information content (AvgIpc) is 2.30. The summed E-state index contributed by atoms with van der Waals surface area (Å²) in [6.45, 7) is 6.74. The number of nitrogens with zero attached hydrogens (tertiary/aromatic N) is 3. The van der Waals surface area contributed by atoms with Crippen molar-refractivity contribution >= 4 is 11.9 Å².